The summed E-state index contributed by atoms with van der Waals surface area (Å²) >= 11 is 0. The second-order valence-corrected chi connectivity index (χ2v) is 4.49. The third kappa shape index (κ3) is 3.80. The first-order chi connectivity index (χ1) is 8.40. The van der Waals surface area contributed by atoms with E-state index in [0.29, 0.717) is 6.04 Å². The van der Waals surface area contributed by atoms with E-state index < -0.39 is 0 Å². The Morgan fingerprint density at radius 1 is 1.35 bits per heavy atom. The van der Waals surface area contributed by atoms with Crippen molar-refractivity contribution in [1.29, 1.82) is 0 Å². The molecule has 1 aliphatic rings. The molecule has 0 aliphatic carbocycles. The molecule has 1 aliphatic heterocycles. The highest BCUT2D eigenvalue weighted by Crippen LogP contribution is 2.11. The van der Waals surface area contributed by atoms with E-state index in [1.54, 1.807) is 0 Å². The van der Waals surface area contributed by atoms with E-state index in [1.165, 1.54) is 5.56 Å². The van der Waals surface area contributed by atoms with Gasteiger partial charge in [-0.15, -0.1) is 0 Å². The van der Waals surface area contributed by atoms with Gasteiger partial charge >= 0.3 is 0 Å². The van der Waals surface area contributed by atoms with Gasteiger partial charge in [0.2, 0.25) is 0 Å². The minimum atomic E-state index is 0.504. The Hall–Kier alpha value is -0.900. The lowest BCUT2D eigenvalue weighted by Crippen LogP contribution is -2.49. The second kappa shape index (κ2) is 6.74. The molecule has 0 bridgehead atoms. The number of hydrogen-bond donors (Lipinski definition) is 1. The van der Waals surface area contributed by atoms with Gasteiger partial charge in [0.25, 0.3) is 0 Å². The van der Waals surface area contributed by atoms with Gasteiger partial charge in [0.05, 0.1) is 13.2 Å². The average Bonchev–Trinajstić information content (AvgIpc) is 2.39. The van der Waals surface area contributed by atoms with E-state index in [-0.39, 0.29) is 0 Å². The number of nitrogens with one attached hydrogen (secondary N) is 1. The summed E-state index contributed by atoms with van der Waals surface area (Å²) in [7, 11) is 0. The summed E-state index contributed by atoms with van der Waals surface area (Å²) in [5, 5.41) is 3.41. The molecule has 0 saturated carbocycles. The van der Waals surface area contributed by atoms with Gasteiger partial charge in [0.15, 0.2) is 0 Å². The summed E-state index contributed by atoms with van der Waals surface area (Å²) < 4.78 is 5.57. The molecule has 1 atom stereocenters. The minimum absolute atomic E-state index is 0.504. The highest BCUT2D eigenvalue weighted by atomic mass is 16.5. The number of benzene rings is 1. The molecular weight excluding hydrogens is 212 g/mol. The fourth-order valence-electron chi connectivity index (χ4n) is 2.21. The fraction of sp³-hybridized carbons (Fsp3) is 0.571. The number of nitrogens with zero attached hydrogens (tertiary/aromatic N) is 1. The highest BCUT2D eigenvalue weighted by molar-refractivity contribution is 5.14. The monoisotopic (exact) mass is 234 g/mol. The van der Waals surface area contributed by atoms with Gasteiger partial charge in [-0.2, -0.15) is 0 Å². The number of hydrogen-bond acceptors (Lipinski definition) is 3. The molecule has 1 N–H and O–H groups in total. The summed E-state index contributed by atoms with van der Waals surface area (Å²) in [6, 6.07) is 11.2. The molecule has 0 spiro atoms. The molecule has 17 heavy (non-hydrogen) atoms. The van der Waals surface area contributed by atoms with Crippen LogP contribution in [0, 0.1) is 0 Å². The van der Waals surface area contributed by atoms with Crippen LogP contribution in [0.25, 0.3) is 0 Å². The largest absolute Gasteiger partial charge is 0.378 e. The smallest absolute Gasteiger partial charge is 0.0635 e. The van der Waals surface area contributed by atoms with Gasteiger partial charge in [0, 0.05) is 25.7 Å². The molecule has 94 valence electrons. The third-order valence-corrected chi connectivity index (χ3v) is 3.21. The van der Waals surface area contributed by atoms with Gasteiger partial charge in [0.1, 0.15) is 0 Å². The van der Waals surface area contributed by atoms with Crippen molar-refractivity contribution in [3.05, 3.63) is 35.9 Å². The summed E-state index contributed by atoms with van der Waals surface area (Å²) in [5.74, 6) is 0. The predicted molar refractivity (Wildman–Crippen MR) is 70.0 cm³/mol. The first-order valence-corrected chi connectivity index (χ1v) is 6.46. The quantitative estimate of drug-likeness (QED) is 0.835. The molecule has 0 unspecified atom stereocenters. The van der Waals surface area contributed by atoms with Crippen LogP contribution in [0.2, 0.25) is 0 Å². The number of ether oxygens (including phenoxy) is 1. The van der Waals surface area contributed by atoms with Crippen LogP contribution >= 0.6 is 0 Å². The molecule has 1 aromatic rings. The number of rotatable bonds is 5. The summed E-state index contributed by atoms with van der Waals surface area (Å²) in [5.41, 5.74) is 1.39. The van der Waals surface area contributed by atoms with E-state index in [4.69, 9.17) is 4.74 Å². The van der Waals surface area contributed by atoms with Crippen LogP contribution in [-0.2, 0) is 11.3 Å². The van der Waals surface area contributed by atoms with Crippen LogP contribution in [0.3, 0.4) is 0 Å². The van der Waals surface area contributed by atoms with Crippen LogP contribution in [0.1, 0.15) is 12.5 Å². The van der Waals surface area contributed by atoms with E-state index in [9.17, 15) is 0 Å². The molecule has 0 amide bonds. The molecule has 3 heteroatoms. The van der Waals surface area contributed by atoms with Gasteiger partial charge in [-0.25, -0.2) is 0 Å². The topological polar surface area (TPSA) is 24.5 Å². The normalized spacial score (nSPS) is 21.6. The maximum Gasteiger partial charge on any atom is 0.0635 e. The molecule has 1 heterocycles. The molecule has 1 saturated heterocycles. The van der Waals surface area contributed by atoms with Crippen LogP contribution < -0.4 is 5.32 Å². The van der Waals surface area contributed by atoms with Crippen molar-refractivity contribution in [2.75, 3.05) is 32.8 Å². The molecule has 2 rings (SSSR count). The number of morpholine rings is 1. The minimum Gasteiger partial charge on any atom is -0.378 e. The van der Waals surface area contributed by atoms with Gasteiger partial charge < -0.3 is 10.1 Å². The fourth-order valence-corrected chi connectivity index (χ4v) is 2.21. The van der Waals surface area contributed by atoms with Crippen LogP contribution in [0.15, 0.2) is 30.3 Å². The standard InChI is InChI=1S/C14H22N2O/c1-2-15-10-14-12-17-9-8-16(14)11-13-6-4-3-5-7-13/h3-7,14-15H,2,8-12H2,1H3/t14-/m0/s1. The SMILES string of the molecule is CCNC[C@H]1COCCN1Cc1ccccc1. The second-order valence-electron chi connectivity index (χ2n) is 4.49. The van der Waals surface area contributed by atoms with Crippen molar-refractivity contribution in [3.63, 3.8) is 0 Å². The predicted octanol–water partition coefficient (Wildman–Crippen LogP) is 1.50. The average molecular weight is 234 g/mol. The van der Waals surface area contributed by atoms with Crippen molar-refractivity contribution in [2.24, 2.45) is 0 Å². The molecule has 0 aromatic heterocycles. The van der Waals surface area contributed by atoms with Gasteiger partial charge in [-0.05, 0) is 12.1 Å². The van der Waals surface area contributed by atoms with Gasteiger partial charge in [-0.3, -0.25) is 4.90 Å². The van der Waals surface area contributed by atoms with Gasteiger partial charge in [-0.1, -0.05) is 37.3 Å². The zero-order valence-corrected chi connectivity index (χ0v) is 10.6. The lowest BCUT2D eigenvalue weighted by atomic mass is 10.1. The molecule has 0 radical (unpaired) electrons. The van der Waals surface area contributed by atoms with Crippen LogP contribution in [0.5, 0.6) is 0 Å². The molecule has 1 fully saturated rings. The maximum absolute atomic E-state index is 5.57. The highest BCUT2D eigenvalue weighted by Gasteiger charge is 2.22. The molecule has 1 aromatic carbocycles. The Morgan fingerprint density at radius 3 is 2.94 bits per heavy atom. The Kier molecular flexibility index (Phi) is 4.98. The number of likely N-dealkylation sites (N-methyl/N-ethyl adjacent to an activating group) is 1. The van der Waals surface area contributed by atoms with Crippen molar-refractivity contribution >= 4 is 0 Å². The van der Waals surface area contributed by atoms with Crippen LogP contribution in [0.4, 0.5) is 0 Å². The summed E-state index contributed by atoms with van der Waals surface area (Å²) in [6.07, 6.45) is 0. The van der Waals surface area contributed by atoms with Crippen molar-refractivity contribution in [2.45, 2.75) is 19.5 Å². The maximum atomic E-state index is 5.57. The first-order valence-electron chi connectivity index (χ1n) is 6.46. The lowest BCUT2D eigenvalue weighted by Gasteiger charge is -2.35. The molecular formula is C14H22N2O. The van der Waals surface area contributed by atoms with Crippen molar-refractivity contribution in [3.8, 4) is 0 Å². The Morgan fingerprint density at radius 2 is 2.18 bits per heavy atom. The lowest BCUT2D eigenvalue weighted by molar-refractivity contribution is -0.0107. The van der Waals surface area contributed by atoms with E-state index >= 15 is 0 Å². The van der Waals surface area contributed by atoms with E-state index in [0.717, 1.165) is 39.4 Å². The van der Waals surface area contributed by atoms with E-state index in [2.05, 4.69) is 47.5 Å². The Labute approximate surface area is 104 Å². The zero-order chi connectivity index (χ0) is 11.9. The van der Waals surface area contributed by atoms with Crippen LogP contribution in [-0.4, -0.2) is 43.8 Å². The first kappa shape index (κ1) is 12.6. The van der Waals surface area contributed by atoms with Crippen molar-refractivity contribution < 1.29 is 4.74 Å². The summed E-state index contributed by atoms with van der Waals surface area (Å²) in [4.78, 5) is 2.52. The molecule has 3 nitrogen and oxygen atoms in total. The zero-order valence-electron chi connectivity index (χ0n) is 10.6. The Balaban J connectivity index is 1.92. The summed E-state index contributed by atoms with van der Waals surface area (Å²) in [6.45, 7) is 7.95. The Bertz CT molecular complexity index is 315. The van der Waals surface area contributed by atoms with Crippen molar-refractivity contribution in [1.82, 2.24) is 10.2 Å². The third-order valence-electron chi connectivity index (χ3n) is 3.21. The van der Waals surface area contributed by atoms with E-state index in [1.807, 2.05) is 0 Å².